The number of benzene rings is 2. The van der Waals surface area contributed by atoms with E-state index in [1.54, 1.807) is 32.0 Å². The van der Waals surface area contributed by atoms with Crippen LogP contribution in [-0.4, -0.2) is 31.0 Å². The van der Waals surface area contributed by atoms with E-state index in [4.69, 9.17) is 4.74 Å². The SMILES string of the molecule is Cc1ccc(NC(=O)NC(=O)C(C)Nc2ccc(C)c(OCC(F)F)c2)c(C)c1. The Bertz CT molecular complexity index is 887. The van der Waals surface area contributed by atoms with E-state index < -0.39 is 31.0 Å². The summed E-state index contributed by atoms with van der Waals surface area (Å²) in [5.74, 6) is -0.238. The van der Waals surface area contributed by atoms with Crippen molar-refractivity contribution in [1.82, 2.24) is 5.32 Å². The fourth-order valence-corrected chi connectivity index (χ4v) is 2.64. The van der Waals surface area contributed by atoms with Gasteiger partial charge in [-0.3, -0.25) is 10.1 Å². The van der Waals surface area contributed by atoms with Crippen molar-refractivity contribution in [3.8, 4) is 5.75 Å². The Hall–Kier alpha value is -3.16. The number of amides is 3. The van der Waals surface area contributed by atoms with Crippen LogP contribution in [0.4, 0.5) is 25.0 Å². The van der Waals surface area contributed by atoms with E-state index in [0.717, 1.165) is 11.1 Å². The van der Waals surface area contributed by atoms with Gasteiger partial charge in [-0.05, 0) is 51.0 Å². The third-order valence-corrected chi connectivity index (χ3v) is 4.20. The van der Waals surface area contributed by atoms with Gasteiger partial charge in [0.25, 0.3) is 6.43 Å². The lowest BCUT2D eigenvalue weighted by Gasteiger charge is -2.17. The summed E-state index contributed by atoms with van der Waals surface area (Å²) in [5, 5.41) is 7.84. The molecule has 29 heavy (non-hydrogen) atoms. The number of alkyl halides is 2. The second-order valence-corrected chi connectivity index (χ2v) is 6.81. The molecule has 6 nitrogen and oxygen atoms in total. The molecule has 0 radical (unpaired) electrons. The maximum absolute atomic E-state index is 12.4. The standard InChI is InChI=1S/C21H25F2N3O3/c1-12-5-8-17(14(3)9-12)25-21(28)26-20(27)15(4)24-16-7-6-13(2)18(10-16)29-11-19(22)23/h5-10,15,19,24H,11H2,1-4H3,(H2,25,26,27,28). The fraction of sp³-hybridized carbons (Fsp3) is 0.333. The Morgan fingerprint density at radius 3 is 2.41 bits per heavy atom. The molecule has 0 fully saturated rings. The van der Waals surface area contributed by atoms with Gasteiger partial charge in [0.05, 0.1) is 0 Å². The zero-order valence-corrected chi connectivity index (χ0v) is 16.8. The summed E-state index contributed by atoms with van der Waals surface area (Å²) < 4.78 is 29.8. The Kier molecular flexibility index (Phi) is 7.52. The van der Waals surface area contributed by atoms with Gasteiger partial charge >= 0.3 is 6.03 Å². The average Bonchev–Trinajstić information content (AvgIpc) is 2.64. The van der Waals surface area contributed by atoms with Crippen molar-refractivity contribution < 1.29 is 23.1 Å². The zero-order valence-electron chi connectivity index (χ0n) is 16.8. The molecular weight excluding hydrogens is 380 g/mol. The molecule has 1 unspecified atom stereocenters. The van der Waals surface area contributed by atoms with Gasteiger partial charge in [-0.25, -0.2) is 13.6 Å². The number of anilines is 2. The number of hydrogen-bond acceptors (Lipinski definition) is 4. The van der Waals surface area contributed by atoms with E-state index in [9.17, 15) is 18.4 Å². The highest BCUT2D eigenvalue weighted by Gasteiger charge is 2.17. The first-order chi connectivity index (χ1) is 13.7. The highest BCUT2D eigenvalue weighted by atomic mass is 19.3. The fourth-order valence-electron chi connectivity index (χ4n) is 2.64. The smallest absolute Gasteiger partial charge is 0.325 e. The second-order valence-electron chi connectivity index (χ2n) is 6.81. The van der Waals surface area contributed by atoms with Crippen LogP contribution < -0.4 is 20.7 Å². The van der Waals surface area contributed by atoms with Crippen LogP contribution in [0.3, 0.4) is 0 Å². The van der Waals surface area contributed by atoms with E-state index in [1.165, 1.54) is 6.07 Å². The van der Waals surface area contributed by atoms with E-state index in [2.05, 4.69) is 16.0 Å². The van der Waals surface area contributed by atoms with Gasteiger partial charge in [-0.2, -0.15) is 0 Å². The van der Waals surface area contributed by atoms with Gasteiger partial charge in [-0.1, -0.05) is 23.8 Å². The van der Waals surface area contributed by atoms with Gasteiger partial charge in [0, 0.05) is 17.4 Å². The highest BCUT2D eigenvalue weighted by Crippen LogP contribution is 2.23. The lowest BCUT2D eigenvalue weighted by Crippen LogP contribution is -2.43. The van der Waals surface area contributed by atoms with Crippen molar-refractivity contribution >= 4 is 23.3 Å². The molecule has 0 aromatic heterocycles. The molecule has 0 saturated carbocycles. The van der Waals surface area contributed by atoms with Crippen molar-refractivity contribution in [3.63, 3.8) is 0 Å². The van der Waals surface area contributed by atoms with Crippen molar-refractivity contribution in [2.75, 3.05) is 17.2 Å². The maximum Gasteiger partial charge on any atom is 0.325 e. The lowest BCUT2D eigenvalue weighted by atomic mass is 10.1. The van der Waals surface area contributed by atoms with Gasteiger partial charge in [0.1, 0.15) is 18.4 Å². The van der Waals surface area contributed by atoms with Crippen LogP contribution in [0.15, 0.2) is 36.4 Å². The molecule has 8 heteroatoms. The summed E-state index contributed by atoms with van der Waals surface area (Å²) in [4.78, 5) is 24.4. The summed E-state index contributed by atoms with van der Waals surface area (Å²) in [6, 6.07) is 9.10. The molecule has 3 amide bonds. The van der Waals surface area contributed by atoms with Crippen molar-refractivity contribution in [3.05, 3.63) is 53.1 Å². The highest BCUT2D eigenvalue weighted by molar-refractivity contribution is 6.03. The number of urea groups is 1. The molecule has 1 atom stereocenters. The molecule has 0 aliphatic rings. The Labute approximate surface area is 168 Å². The molecular formula is C21H25F2N3O3. The second kappa shape index (κ2) is 9.86. The summed E-state index contributed by atoms with van der Waals surface area (Å²) in [6.07, 6.45) is -2.58. The molecule has 0 aliphatic carbocycles. The Morgan fingerprint density at radius 1 is 1.03 bits per heavy atom. The van der Waals surface area contributed by atoms with Crippen LogP contribution >= 0.6 is 0 Å². The molecule has 3 N–H and O–H groups in total. The minimum atomic E-state index is -2.58. The molecule has 0 spiro atoms. The summed E-state index contributed by atoms with van der Waals surface area (Å²) in [6.45, 7) is 6.42. The summed E-state index contributed by atoms with van der Waals surface area (Å²) in [7, 11) is 0. The maximum atomic E-state index is 12.4. The molecule has 0 saturated heterocycles. The molecule has 156 valence electrons. The van der Waals surface area contributed by atoms with Crippen molar-refractivity contribution in [2.24, 2.45) is 0 Å². The first-order valence-corrected chi connectivity index (χ1v) is 9.13. The number of aryl methyl sites for hydroxylation is 3. The third-order valence-electron chi connectivity index (χ3n) is 4.20. The number of ether oxygens (including phenoxy) is 1. The molecule has 0 heterocycles. The number of nitrogens with one attached hydrogen (secondary N) is 3. The topological polar surface area (TPSA) is 79.5 Å². The molecule has 0 aliphatic heterocycles. The van der Waals surface area contributed by atoms with Crippen LogP contribution in [0.1, 0.15) is 23.6 Å². The van der Waals surface area contributed by atoms with E-state index in [1.807, 2.05) is 26.0 Å². The van der Waals surface area contributed by atoms with Gasteiger partial charge in [-0.15, -0.1) is 0 Å². The van der Waals surface area contributed by atoms with E-state index in [0.29, 0.717) is 22.7 Å². The average molecular weight is 405 g/mol. The molecule has 2 aromatic carbocycles. The van der Waals surface area contributed by atoms with Gasteiger partial charge < -0.3 is 15.4 Å². The van der Waals surface area contributed by atoms with Crippen LogP contribution in [-0.2, 0) is 4.79 Å². The number of rotatable bonds is 7. The first-order valence-electron chi connectivity index (χ1n) is 9.13. The van der Waals surface area contributed by atoms with Gasteiger partial charge in [0.15, 0.2) is 0 Å². The van der Waals surface area contributed by atoms with E-state index >= 15 is 0 Å². The molecule has 2 rings (SSSR count). The Balaban J connectivity index is 1.94. The summed E-state index contributed by atoms with van der Waals surface area (Å²) in [5.41, 5.74) is 3.77. The minimum Gasteiger partial charge on any atom is -0.487 e. The van der Waals surface area contributed by atoms with Crippen LogP contribution in [0, 0.1) is 20.8 Å². The van der Waals surface area contributed by atoms with Crippen LogP contribution in [0.2, 0.25) is 0 Å². The van der Waals surface area contributed by atoms with E-state index in [-0.39, 0.29) is 0 Å². The minimum absolute atomic E-state index is 0.301. The van der Waals surface area contributed by atoms with Crippen molar-refractivity contribution in [2.45, 2.75) is 40.2 Å². The Morgan fingerprint density at radius 2 is 1.76 bits per heavy atom. The zero-order chi connectivity index (χ0) is 21.6. The van der Waals surface area contributed by atoms with Crippen LogP contribution in [0.5, 0.6) is 5.75 Å². The molecule has 2 aromatic rings. The first kappa shape index (κ1) is 22.1. The quantitative estimate of drug-likeness (QED) is 0.638. The summed E-state index contributed by atoms with van der Waals surface area (Å²) >= 11 is 0. The molecule has 0 bridgehead atoms. The van der Waals surface area contributed by atoms with Crippen molar-refractivity contribution in [1.29, 1.82) is 0 Å². The largest absolute Gasteiger partial charge is 0.487 e. The number of halogens is 2. The van der Waals surface area contributed by atoms with Crippen LogP contribution in [0.25, 0.3) is 0 Å². The number of carbonyl (C=O) groups excluding carboxylic acids is 2. The predicted octanol–water partition coefficient (Wildman–Crippen LogP) is 4.40. The van der Waals surface area contributed by atoms with Gasteiger partial charge in [0.2, 0.25) is 5.91 Å². The number of imide groups is 1. The normalized spacial score (nSPS) is 11.7. The lowest BCUT2D eigenvalue weighted by molar-refractivity contribution is -0.120. The number of hydrogen-bond donors (Lipinski definition) is 3. The predicted molar refractivity (Wildman–Crippen MR) is 109 cm³/mol. The monoisotopic (exact) mass is 405 g/mol. The number of carbonyl (C=O) groups is 2. The third kappa shape index (κ3) is 6.74.